The Hall–Kier alpha value is -1.93. The molecule has 0 saturated carbocycles. The predicted octanol–water partition coefficient (Wildman–Crippen LogP) is 3.65. The Morgan fingerprint density at radius 2 is 1.88 bits per heavy atom. The van der Waals surface area contributed by atoms with Gasteiger partial charge < -0.3 is 10.1 Å². The van der Waals surface area contributed by atoms with Crippen LogP contribution in [0.25, 0.3) is 0 Å². The van der Waals surface area contributed by atoms with Gasteiger partial charge in [-0.15, -0.1) is 0 Å². The van der Waals surface area contributed by atoms with E-state index in [4.69, 9.17) is 4.74 Å². The quantitative estimate of drug-likeness (QED) is 0.760. The fourth-order valence-electron chi connectivity index (χ4n) is 2.15. The molecule has 2 aromatic carbocycles. The summed E-state index contributed by atoms with van der Waals surface area (Å²) in [5.74, 6) is -2.22. The van der Waals surface area contributed by atoms with Gasteiger partial charge in [-0.1, -0.05) is 22.9 Å². The summed E-state index contributed by atoms with van der Waals surface area (Å²) in [7, 11) is -2.27. The molecule has 25 heavy (non-hydrogen) atoms. The lowest BCUT2D eigenvalue weighted by Gasteiger charge is -2.13. The lowest BCUT2D eigenvalue weighted by Crippen LogP contribution is -2.27. The van der Waals surface area contributed by atoms with Crippen LogP contribution in [0.2, 0.25) is 0 Å². The highest BCUT2D eigenvalue weighted by molar-refractivity contribution is 9.10. The minimum absolute atomic E-state index is 0.0591. The lowest BCUT2D eigenvalue weighted by molar-refractivity contribution is -0.118. The summed E-state index contributed by atoms with van der Waals surface area (Å²) in [5.41, 5.74) is 0.233. The van der Waals surface area contributed by atoms with Gasteiger partial charge in [-0.3, -0.25) is 4.79 Å². The van der Waals surface area contributed by atoms with Crippen molar-refractivity contribution in [1.82, 2.24) is 0 Å². The number of hydrogen-bond acceptors (Lipinski definition) is 4. The molecule has 5 nitrogen and oxygen atoms in total. The van der Waals surface area contributed by atoms with Gasteiger partial charge in [-0.05, 0) is 36.4 Å². The molecule has 0 spiro atoms. The highest BCUT2D eigenvalue weighted by atomic mass is 79.9. The van der Waals surface area contributed by atoms with E-state index in [0.717, 1.165) is 10.5 Å². The number of carbonyl (C=O) groups is 1. The molecule has 0 radical (unpaired) electrons. The molecule has 2 rings (SSSR count). The monoisotopic (exact) mass is 429 g/mol. The van der Waals surface area contributed by atoms with E-state index >= 15 is 0 Å². The summed E-state index contributed by atoms with van der Waals surface area (Å²) < 4.78 is 44.0. The molecule has 1 atom stereocenters. The maximum Gasteiger partial charge on any atom is 0.228 e. The number of benzene rings is 2. The number of carbonyl (C=O) groups excluding carboxylic acids is 1. The van der Waals surface area contributed by atoms with Crippen molar-refractivity contribution in [3.05, 3.63) is 52.8 Å². The number of hydrogen-bond donors (Lipinski definition) is 1. The third-order valence-corrected chi connectivity index (χ3v) is 5.97. The topological polar surface area (TPSA) is 72.5 Å². The lowest BCUT2D eigenvalue weighted by atomic mass is 10.2. The van der Waals surface area contributed by atoms with E-state index in [9.17, 15) is 17.6 Å². The van der Waals surface area contributed by atoms with Crippen LogP contribution in [0.4, 0.5) is 10.1 Å². The third kappa shape index (κ3) is 5.02. The first-order valence-corrected chi connectivity index (χ1v) is 9.80. The Kier molecular flexibility index (Phi) is 6.18. The molecule has 0 aromatic heterocycles. The van der Waals surface area contributed by atoms with E-state index in [0.29, 0.717) is 0 Å². The minimum Gasteiger partial charge on any atom is -0.494 e. The summed E-state index contributed by atoms with van der Waals surface area (Å²) in [4.78, 5) is 12.3. The average molecular weight is 430 g/mol. The molecule has 0 bridgehead atoms. The van der Waals surface area contributed by atoms with Gasteiger partial charge in [0.2, 0.25) is 5.91 Å². The van der Waals surface area contributed by atoms with Crippen LogP contribution < -0.4 is 10.1 Å². The zero-order valence-electron chi connectivity index (χ0n) is 13.6. The Balaban J connectivity index is 2.07. The molecule has 0 aliphatic rings. The molecule has 2 aromatic rings. The molecule has 0 saturated heterocycles. The standard InChI is InChI=1S/C17H17BrFNO4S/c1-11(10-25(22,23)14-6-3-12(18)4-7-14)17(21)20-13-5-8-16(24-2)15(19)9-13/h3-9,11H,10H2,1-2H3,(H,20,21). The van der Waals surface area contributed by atoms with Crippen molar-refractivity contribution in [3.63, 3.8) is 0 Å². The van der Waals surface area contributed by atoms with Gasteiger partial charge in [0.25, 0.3) is 0 Å². The summed E-state index contributed by atoms with van der Waals surface area (Å²) in [5, 5.41) is 2.51. The molecule has 1 unspecified atom stereocenters. The van der Waals surface area contributed by atoms with Gasteiger partial charge in [0, 0.05) is 22.1 Å². The molecule has 8 heteroatoms. The Morgan fingerprint density at radius 3 is 2.44 bits per heavy atom. The van der Waals surface area contributed by atoms with Crippen LogP contribution in [0.1, 0.15) is 6.92 Å². The van der Waals surface area contributed by atoms with Gasteiger partial charge in [0.05, 0.1) is 17.8 Å². The summed E-state index contributed by atoms with van der Waals surface area (Å²) >= 11 is 3.24. The number of methoxy groups -OCH3 is 1. The minimum atomic E-state index is -3.61. The van der Waals surface area contributed by atoms with Crippen LogP contribution in [0.15, 0.2) is 51.8 Å². The van der Waals surface area contributed by atoms with Crippen LogP contribution in [0.3, 0.4) is 0 Å². The predicted molar refractivity (Wildman–Crippen MR) is 96.9 cm³/mol. The maximum atomic E-state index is 13.7. The van der Waals surface area contributed by atoms with Gasteiger partial charge in [-0.2, -0.15) is 0 Å². The summed E-state index contributed by atoms with van der Waals surface area (Å²) in [6.07, 6.45) is 0. The maximum absolute atomic E-state index is 13.7. The van der Waals surface area contributed by atoms with Crippen LogP contribution in [-0.2, 0) is 14.6 Å². The summed E-state index contributed by atoms with van der Waals surface area (Å²) in [6.45, 7) is 1.51. The molecular weight excluding hydrogens is 413 g/mol. The van der Waals surface area contributed by atoms with Crippen molar-refractivity contribution in [3.8, 4) is 5.75 Å². The molecule has 134 valence electrons. The second-order valence-electron chi connectivity index (χ2n) is 5.47. The number of anilines is 1. The Bertz CT molecular complexity index is 869. The first kappa shape index (κ1) is 19.4. The zero-order chi connectivity index (χ0) is 18.6. The van der Waals surface area contributed by atoms with Crippen LogP contribution in [0.5, 0.6) is 5.75 Å². The van der Waals surface area contributed by atoms with E-state index in [2.05, 4.69) is 21.2 Å². The van der Waals surface area contributed by atoms with E-state index < -0.39 is 27.5 Å². The van der Waals surface area contributed by atoms with Gasteiger partial charge in [0.15, 0.2) is 21.4 Å². The van der Waals surface area contributed by atoms with Crippen molar-refractivity contribution in [1.29, 1.82) is 0 Å². The number of sulfone groups is 1. The van der Waals surface area contributed by atoms with Crippen molar-refractivity contribution < 1.29 is 22.3 Å². The molecule has 0 aliphatic heterocycles. The van der Waals surface area contributed by atoms with E-state index in [-0.39, 0.29) is 22.1 Å². The van der Waals surface area contributed by atoms with Crippen LogP contribution >= 0.6 is 15.9 Å². The first-order valence-electron chi connectivity index (χ1n) is 7.35. The first-order chi connectivity index (χ1) is 11.7. The second kappa shape index (κ2) is 7.97. The van der Waals surface area contributed by atoms with Gasteiger partial charge in [-0.25, -0.2) is 12.8 Å². The van der Waals surface area contributed by atoms with Crippen molar-refractivity contribution in [2.75, 3.05) is 18.2 Å². The van der Waals surface area contributed by atoms with Gasteiger partial charge in [0.1, 0.15) is 0 Å². The smallest absolute Gasteiger partial charge is 0.228 e. The number of ether oxygens (including phenoxy) is 1. The fourth-order valence-corrected chi connectivity index (χ4v) is 3.97. The number of nitrogens with one attached hydrogen (secondary N) is 1. The number of halogens is 2. The highest BCUT2D eigenvalue weighted by Gasteiger charge is 2.23. The molecule has 0 heterocycles. The summed E-state index contributed by atoms with van der Waals surface area (Å²) in [6, 6.07) is 10.2. The molecule has 1 amide bonds. The number of amides is 1. The molecule has 1 N–H and O–H groups in total. The SMILES string of the molecule is COc1ccc(NC(=O)C(C)CS(=O)(=O)c2ccc(Br)cc2)cc1F. The number of rotatable bonds is 6. The van der Waals surface area contributed by atoms with Crippen molar-refractivity contribution in [2.45, 2.75) is 11.8 Å². The Morgan fingerprint density at radius 1 is 1.24 bits per heavy atom. The van der Waals surface area contributed by atoms with E-state index in [1.165, 1.54) is 38.3 Å². The zero-order valence-corrected chi connectivity index (χ0v) is 16.0. The second-order valence-corrected chi connectivity index (χ2v) is 8.42. The Labute approximate surface area is 154 Å². The molecule has 0 fully saturated rings. The van der Waals surface area contributed by atoms with Gasteiger partial charge >= 0.3 is 0 Å². The van der Waals surface area contributed by atoms with Crippen LogP contribution in [-0.4, -0.2) is 27.2 Å². The normalized spacial score (nSPS) is 12.5. The van der Waals surface area contributed by atoms with E-state index in [1.54, 1.807) is 12.1 Å². The third-order valence-electron chi connectivity index (χ3n) is 3.51. The van der Waals surface area contributed by atoms with Crippen LogP contribution in [0, 0.1) is 11.7 Å². The highest BCUT2D eigenvalue weighted by Crippen LogP contribution is 2.22. The largest absolute Gasteiger partial charge is 0.494 e. The van der Waals surface area contributed by atoms with E-state index in [1.807, 2.05) is 0 Å². The fraction of sp³-hybridized carbons (Fsp3) is 0.235. The van der Waals surface area contributed by atoms with Crippen molar-refractivity contribution in [2.24, 2.45) is 5.92 Å². The molecular formula is C17H17BrFNO4S. The average Bonchev–Trinajstić information content (AvgIpc) is 2.55. The molecule has 0 aliphatic carbocycles. The van der Waals surface area contributed by atoms with Crippen molar-refractivity contribution >= 4 is 37.4 Å².